The number of hydrogen-bond donors (Lipinski definition) is 3. The third kappa shape index (κ3) is 4.06. The van der Waals surface area contributed by atoms with E-state index in [1.807, 2.05) is 0 Å². The van der Waals surface area contributed by atoms with E-state index in [0.29, 0.717) is 5.56 Å². The van der Waals surface area contributed by atoms with E-state index >= 15 is 0 Å². The summed E-state index contributed by atoms with van der Waals surface area (Å²) < 4.78 is 4.66. The molecule has 1 aromatic carbocycles. The van der Waals surface area contributed by atoms with Crippen LogP contribution in [-0.4, -0.2) is 29.4 Å². The van der Waals surface area contributed by atoms with Crippen molar-refractivity contribution in [3.8, 4) is 5.75 Å². The Bertz CT molecular complexity index is 328. The summed E-state index contributed by atoms with van der Waals surface area (Å²) in [5, 5.41) is 17.5. The molecule has 0 aromatic heterocycles. The normalized spacial score (nSPS) is 11.4. The van der Waals surface area contributed by atoms with Crippen molar-refractivity contribution >= 4 is 18.4 Å². The number of aromatic hydroxyl groups is 1. The minimum atomic E-state index is -0.892. The molecule has 0 saturated heterocycles. The van der Waals surface area contributed by atoms with Gasteiger partial charge in [0.05, 0.1) is 6.61 Å². The van der Waals surface area contributed by atoms with Crippen LogP contribution >= 0.6 is 12.4 Å². The highest BCUT2D eigenvalue weighted by Gasteiger charge is 2.16. The zero-order valence-corrected chi connectivity index (χ0v) is 9.31. The molecule has 1 rings (SSSR count). The van der Waals surface area contributed by atoms with Gasteiger partial charge in [0.15, 0.2) is 0 Å². The molecule has 0 unspecified atom stereocenters. The smallest absolute Gasteiger partial charge is 0.327 e. The molecule has 5 nitrogen and oxygen atoms in total. The highest BCUT2D eigenvalue weighted by molar-refractivity contribution is 5.85. The van der Waals surface area contributed by atoms with E-state index in [2.05, 4.69) is 4.74 Å². The number of rotatable bonds is 4. The van der Waals surface area contributed by atoms with Crippen LogP contribution in [0.1, 0.15) is 11.6 Å². The summed E-state index contributed by atoms with van der Waals surface area (Å²) >= 11 is 0. The van der Waals surface area contributed by atoms with Crippen molar-refractivity contribution in [2.45, 2.75) is 6.04 Å². The maximum absolute atomic E-state index is 11.3. The summed E-state index contributed by atoms with van der Waals surface area (Å²) in [7, 11) is 0. The van der Waals surface area contributed by atoms with Gasteiger partial charge in [-0.15, -0.1) is 12.4 Å². The molecule has 0 aliphatic heterocycles. The van der Waals surface area contributed by atoms with Crippen molar-refractivity contribution in [3.05, 3.63) is 29.8 Å². The van der Waals surface area contributed by atoms with E-state index in [0.717, 1.165) is 0 Å². The van der Waals surface area contributed by atoms with Crippen LogP contribution in [-0.2, 0) is 9.53 Å². The lowest BCUT2D eigenvalue weighted by Gasteiger charge is -2.10. The number of halogens is 1. The zero-order chi connectivity index (χ0) is 11.3. The molecule has 0 fully saturated rings. The number of phenols is 1. The molecule has 4 N–H and O–H groups in total. The number of benzene rings is 1. The summed E-state index contributed by atoms with van der Waals surface area (Å²) in [5.74, 6) is -0.496. The van der Waals surface area contributed by atoms with Gasteiger partial charge in [0.2, 0.25) is 0 Å². The van der Waals surface area contributed by atoms with E-state index in [1.54, 1.807) is 12.1 Å². The number of esters is 1. The Morgan fingerprint density at radius 2 is 1.94 bits per heavy atom. The fraction of sp³-hybridized carbons (Fsp3) is 0.300. The highest BCUT2D eigenvalue weighted by Crippen LogP contribution is 2.15. The molecule has 1 atom stereocenters. The van der Waals surface area contributed by atoms with Gasteiger partial charge in [-0.1, -0.05) is 12.1 Å². The Morgan fingerprint density at radius 1 is 1.38 bits per heavy atom. The molecule has 0 amide bonds. The van der Waals surface area contributed by atoms with E-state index in [9.17, 15) is 4.79 Å². The topological polar surface area (TPSA) is 92.8 Å². The summed E-state index contributed by atoms with van der Waals surface area (Å²) in [6.45, 7) is -0.293. The standard InChI is InChI=1S/C10H13NO4.ClH/c11-9(10(14)15-6-5-12)7-1-3-8(13)4-2-7;/h1-4,9,12-13H,5-6,11H2;1H/t9-;/m1./s1. The van der Waals surface area contributed by atoms with Gasteiger partial charge < -0.3 is 20.7 Å². The summed E-state index contributed by atoms with van der Waals surface area (Å²) in [5.41, 5.74) is 6.14. The van der Waals surface area contributed by atoms with Crippen molar-refractivity contribution in [1.82, 2.24) is 0 Å². The SMILES string of the molecule is Cl.N[C@@H](C(=O)OCCO)c1ccc(O)cc1. The van der Waals surface area contributed by atoms with Crippen LogP contribution in [0, 0.1) is 0 Å². The van der Waals surface area contributed by atoms with E-state index in [1.165, 1.54) is 12.1 Å². The van der Waals surface area contributed by atoms with Gasteiger partial charge in [0.25, 0.3) is 0 Å². The second-order valence-electron chi connectivity index (χ2n) is 2.96. The van der Waals surface area contributed by atoms with Crippen LogP contribution in [0.5, 0.6) is 5.75 Å². The first-order valence-corrected chi connectivity index (χ1v) is 4.47. The van der Waals surface area contributed by atoms with Crippen molar-refractivity contribution in [2.75, 3.05) is 13.2 Å². The lowest BCUT2D eigenvalue weighted by molar-refractivity contribution is -0.146. The molecule has 1 aromatic rings. The maximum atomic E-state index is 11.3. The third-order valence-electron chi connectivity index (χ3n) is 1.84. The number of aliphatic hydroxyl groups is 1. The van der Waals surface area contributed by atoms with E-state index < -0.39 is 12.0 Å². The number of phenolic OH excluding ortho intramolecular Hbond substituents is 1. The summed E-state index contributed by atoms with van der Waals surface area (Å²) in [6, 6.07) is 5.07. The average Bonchev–Trinajstić information content (AvgIpc) is 2.26. The zero-order valence-electron chi connectivity index (χ0n) is 8.50. The lowest BCUT2D eigenvalue weighted by atomic mass is 10.1. The van der Waals surface area contributed by atoms with Crippen molar-refractivity contribution < 1.29 is 19.7 Å². The van der Waals surface area contributed by atoms with Crippen LogP contribution in [0.3, 0.4) is 0 Å². The second-order valence-corrected chi connectivity index (χ2v) is 2.96. The fourth-order valence-corrected chi connectivity index (χ4v) is 1.05. The minimum absolute atomic E-state index is 0. The first-order chi connectivity index (χ1) is 7.15. The molecular weight excluding hydrogens is 234 g/mol. The number of hydrogen-bond acceptors (Lipinski definition) is 5. The summed E-state index contributed by atoms with van der Waals surface area (Å²) in [4.78, 5) is 11.3. The van der Waals surface area contributed by atoms with Crippen LogP contribution in [0.15, 0.2) is 24.3 Å². The van der Waals surface area contributed by atoms with Crippen LogP contribution in [0.25, 0.3) is 0 Å². The van der Waals surface area contributed by atoms with Gasteiger partial charge >= 0.3 is 5.97 Å². The molecule has 6 heteroatoms. The molecule has 0 spiro atoms. The molecule has 0 bridgehead atoms. The average molecular weight is 248 g/mol. The van der Waals surface area contributed by atoms with Gasteiger partial charge in [0.1, 0.15) is 18.4 Å². The van der Waals surface area contributed by atoms with Crippen molar-refractivity contribution in [3.63, 3.8) is 0 Å². The van der Waals surface area contributed by atoms with Gasteiger partial charge in [-0.2, -0.15) is 0 Å². The molecular formula is C10H14ClNO4. The highest BCUT2D eigenvalue weighted by atomic mass is 35.5. The number of carbonyl (C=O) groups excluding carboxylic acids is 1. The van der Waals surface area contributed by atoms with Crippen molar-refractivity contribution in [1.29, 1.82) is 0 Å². The lowest BCUT2D eigenvalue weighted by Crippen LogP contribution is -2.24. The minimum Gasteiger partial charge on any atom is -0.508 e. The van der Waals surface area contributed by atoms with Gasteiger partial charge in [-0.3, -0.25) is 0 Å². The predicted octanol–water partition coefficient (Wildman–Crippen LogP) is 0.349. The summed E-state index contributed by atoms with van der Waals surface area (Å²) in [6.07, 6.45) is 0. The molecule has 16 heavy (non-hydrogen) atoms. The monoisotopic (exact) mass is 247 g/mol. The molecule has 0 saturated carbocycles. The Balaban J connectivity index is 0.00000225. The van der Waals surface area contributed by atoms with Crippen LogP contribution < -0.4 is 5.73 Å². The third-order valence-corrected chi connectivity index (χ3v) is 1.84. The number of carbonyl (C=O) groups is 1. The second kappa shape index (κ2) is 7.05. The van der Waals surface area contributed by atoms with E-state index in [4.69, 9.17) is 15.9 Å². The van der Waals surface area contributed by atoms with Crippen LogP contribution in [0.2, 0.25) is 0 Å². The quantitative estimate of drug-likeness (QED) is 0.668. The number of aliphatic hydroxyl groups excluding tert-OH is 1. The Kier molecular flexibility index (Phi) is 6.48. The molecule has 0 heterocycles. The first-order valence-electron chi connectivity index (χ1n) is 4.47. The Morgan fingerprint density at radius 3 is 2.44 bits per heavy atom. The molecule has 0 radical (unpaired) electrons. The predicted molar refractivity (Wildman–Crippen MR) is 60.3 cm³/mol. The van der Waals surface area contributed by atoms with E-state index in [-0.39, 0.29) is 31.4 Å². The van der Waals surface area contributed by atoms with Gasteiger partial charge in [0, 0.05) is 0 Å². The fourth-order valence-electron chi connectivity index (χ4n) is 1.05. The molecule has 0 aliphatic carbocycles. The Labute approximate surface area is 99.2 Å². The molecule has 0 aliphatic rings. The first kappa shape index (κ1) is 14.7. The van der Waals surface area contributed by atoms with Crippen molar-refractivity contribution in [2.24, 2.45) is 5.73 Å². The Hall–Kier alpha value is -1.30. The largest absolute Gasteiger partial charge is 0.508 e. The number of ether oxygens (including phenoxy) is 1. The van der Waals surface area contributed by atoms with Crippen LogP contribution in [0.4, 0.5) is 0 Å². The van der Waals surface area contributed by atoms with Gasteiger partial charge in [-0.05, 0) is 17.7 Å². The number of nitrogens with two attached hydrogens (primary N) is 1. The van der Waals surface area contributed by atoms with Gasteiger partial charge in [-0.25, -0.2) is 4.79 Å². The molecule has 90 valence electrons. The maximum Gasteiger partial charge on any atom is 0.327 e.